The number of hydrogen-bond acceptors (Lipinski definition) is 5. The second-order valence-electron chi connectivity index (χ2n) is 9.12. The molecule has 2 atom stereocenters. The summed E-state index contributed by atoms with van der Waals surface area (Å²) >= 11 is 6.42. The summed E-state index contributed by atoms with van der Waals surface area (Å²) in [4.78, 5) is 26.1. The molecule has 0 spiro atoms. The molecule has 2 aromatic carbocycles. The molecule has 3 aromatic rings. The van der Waals surface area contributed by atoms with Crippen LogP contribution in [0.5, 0.6) is 0 Å². The van der Waals surface area contributed by atoms with Gasteiger partial charge in [0.15, 0.2) is 5.69 Å². The molecule has 182 valence electrons. The van der Waals surface area contributed by atoms with Crippen molar-refractivity contribution in [2.45, 2.75) is 39.5 Å². The highest BCUT2D eigenvalue weighted by atomic mass is 35.5. The fourth-order valence-electron chi connectivity index (χ4n) is 3.50. The SMILES string of the molecule is CC(C)(C)[C@H](NC(=O)c1nn(Cc2ccc(F)cc2)c2c(Cl)cccc12)C(=O)NC[C@H](O)CO. The van der Waals surface area contributed by atoms with Crippen molar-refractivity contribution in [1.29, 1.82) is 0 Å². The van der Waals surface area contributed by atoms with Crippen LogP contribution in [-0.2, 0) is 11.3 Å². The zero-order valence-electron chi connectivity index (χ0n) is 19.2. The van der Waals surface area contributed by atoms with Crippen LogP contribution in [0.1, 0.15) is 36.8 Å². The average molecular weight is 491 g/mol. The molecule has 0 unspecified atom stereocenters. The summed E-state index contributed by atoms with van der Waals surface area (Å²) in [6, 6.07) is 10.1. The highest BCUT2D eigenvalue weighted by Crippen LogP contribution is 2.28. The van der Waals surface area contributed by atoms with E-state index in [1.807, 2.05) is 0 Å². The van der Waals surface area contributed by atoms with Crippen molar-refractivity contribution in [1.82, 2.24) is 20.4 Å². The molecule has 0 saturated heterocycles. The van der Waals surface area contributed by atoms with Gasteiger partial charge in [0.1, 0.15) is 11.9 Å². The van der Waals surface area contributed by atoms with Crippen molar-refractivity contribution in [3.05, 3.63) is 64.6 Å². The number of nitrogens with zero attached hydrogens (tertiary/aromatic N) is 2. The highest BCUT2D eigenvalue weighted by molar-refractivity contribution is 6.35. The summed E-state index contributed by atoms with van der Waals surface area (Å²) in [5.74, 6) is -1.42. The van der Waals surface area contributed by atoms with E-state index in [0.717, 1.165) is 5.56 Å². The number of amides is 2. The summed E-state index contributed by atoms with van der Waals surface area (Å²) in [6.07, 6.45) is -1.10. The standard InChI is InChI=1S/C24H28ClFN4O4/c1-24(2,3)21(23(34)27-11-16(32)13-31)28-22(33)19-17-5-4-6-18(25)20(17)30(29-19)12-14-7-9-15(26)10-8-14/h4-10,16,21,31-32H,11-13H2,1-3H3,(H,27,34)(H,28,33)/t16-,21+/m0/s1. The number of aliphatic hydroxyl groups is 2. The summed E-state index contributed by atoms with van der Waals surface area (Å²) < 4.78 is 14.9. The average Bonchev–Trinajstić information content (AvgIpc) is 3.15. The first-order chi connectivity index (χ1) is 16.0. The third-order valence-corrected chi connectivity index (χ3v) is 5.61. The van der Waals surface area contributed by atoms with Crippen LogP contribution < -0.4 is 10.6 Å². The van der Waals surface area contributed by atoms with E-state index in [-0.39, 0.29) is 24.6 Å². The predicted octanol–water partition coefficient (Wildman–Crippen LogP) is 2.49. The lowest BCUT2D eigenvalue weighted by Gasteiger charge is -2.30. The number of para-hydroxylation sites is 1. The van der Waals surface area contributed by atoms with Gasteiger partial charge in [-0.3, -0.25) is 14.3 Å². The topological polar surface area (TPSA) is 116 Å². The van der Waals surface area contributed by atoms with E-state index in [0.29, 0.717) is 15.9 Å². The first-order valence-corrected chi connectivity index (χ1v) is 11.2. The zero-order valence-corrected chi connectivity index (χ0v) is 19.9. The van der Waals surface area contributed by atoms with Crippen LogP contribution in [0.3, 0.4) is 0 Å². The van der Waals surface area contributed by atoms with E-state index in [9.17, 15) is 19.1 Å². The summed E-state index contributed by atoms with van der Waals surface area (Å²) in [7, 11) is 0. The van der Waals surface area contributed by atoms with Crippen molar-refractivity contribution in [3.63, 3.8) is 0 Å². The third kappa shape index (κ3) is 5.91. The minimum absolute atomic E-state index is 0.0945. The number of aliphatic hydroxyl groups excluding tert-OH is 2. The van der Waals surface area contributed by atoms with Crippen molar-refractivity contribution < 1.29 is 24.2 Å². The van der Waals surface area contributed by atoms with Gasteiger partial charge in [0.05, 0.1) is 29.8 Å². The molecule has 0 bridgehead atoms. The number of aromatic nitrogens is 2. The molecular formula is C24H28ClFN4O4. The van der Waals surface area contributed by atoms with E-state index in [4.69, 9.17) is 16.7 Å². The number of carbonyl (C=O) groups is 2. The van der Waals surface area contributed by atoms with Gasteiger partial charge in [-0.2, -0.15) is 5.10 Å². The predicted molar refractivity (Wildman–Crippen MR) is 127 cm³/mol. The number of fused-ring (bicyclic) bond motifs is 1. The van der Waals surface area contributed by atoms with Gasteiger partial charge in [-0.15, -0.1) is 0 Å². The van der Waals surface area contributed by atoms with Crippen molar-refractivity contribution in [2.24, 2.45) is 5.41 Å². The summed E-state index contributed by atoms with van der Waals surface area (Å²) in [6.45, 7) is 5.00. The first-order valence-electron chi connectivity index (χ1n) is 10.8. The molecule has 1 heterocycles. The Bertz CT molecular complexity index is 1170. The molecule has 10 heteroatoms. The van der Waals surface area contributed by atoms with Crippen LogP contribution >= 0.6 is 11.6 Å². The van der Waals surface area contributed by atoms with Gasteiger partial charge in [-0.25, -0.2) is 4.39 Å². The third-order valence-electron chi connectivity index (χ3n) is 5.31. The normalized spacial score (nSPS) is 13.5. The van der Waals surface area contributed by atoms with Crippen molar-refractivity contribution in [3.8, 4) is 0 Å². The number of nitrogens with one attached hydrogen (secondary N) is 2. The quantitative estimate of drug-likeness (QED) is 0.387. The van der Waals surface area contributed by atoms with Gasteiger partial charge in [-0.05, 0) is 29.2 Å². The number of benzene rings is 2. The lowest BCUT2D eigenvalue weighted by molar-refractivity contribution is -0.125. The summed E-state index contributed by atoms with van der Waals surface area (Å²) in [5, 5.41) is 29.2. The van der Waals surface area contributed by atoms with E-state index < -0.39 is 36.0 Å². The van der Waals surface area contributed by atoms with Crippen molar-refractivity contribution >= 4 is 34.3 Å². The number of rotatable bonds is 8. The lowest BCUT2D eigenvalue weighted by Crippen LogP contribution is -2.54. The van der Waals surface area contributed by atoms with Crippen LogP contribution in [0.15, 0.2) is 42.5 Å². The van der Waals surface area contributed by atoms with E-state index in [1.165, 1.54) is 12.1 Å². The van der Waals surface area contributed by atoms with Crippen LogP contribution in [0, 0.1) is 11.2 Å². The number of hydrogen-bond donors (Lipinski definition) is 4. The fraction of sp³-hybridized carbons (Fsp3) is 0.375. The Kier molecular flexibility index (Phi) is 7.91. The fourth-order valence-corrected chi connectivity index (χ4v) is 3.77. The molecule has 0 radical (unpaired) electrons. The molecule has 0 aliphatic rings. The maximum Gasteiger partial charge on any atom is 0.273 e. The zero-order chi connectivity index (χ0) is 25.0. The molecule has 8 nitrogen and oxygen atoms in total. The van der Waals surface area contributed by atoms with Gasteiger partial charge in [0.25, 0.3) is 5.91 Å². The van der Waals surface area contributed by atoms with Gasteiger partial charge in [-0.1, -0.05) is 56.6 Å². The van der Waals surface area contributed by atoms with E-state index in [1.54, 1.807) is 55.8 Å². The minimum atomic E-state index is -1.10. The second kappa shape index (κ2) is 10.5. The van der Waals surface area contributed by atoms with E-state index >= 15 is 0 Å². The maximum atomic E-state index is 13.3. The van der Waals surface area contributed by atoms with Crippen LogP contribution in [0.4, 0.5) is 4.39 Å². The smallest absolute Gasteiger partial charge is 0.273 e. The molecule has 0 saturated carbocycles. The molecule has 34 heavy (non-hydrogen) atoms. The Morgan fingerprint density at radius 2 is 1.85 bits per heavy atom. The largest absolute Gasteiger partial charge is 0.394 e. The minimum Gasteiger partial charge on any atom is -0.394 e. The van der Waals surface area contributed by atoms with Crippen LogP contribution in [-0.4, -0.2) is 57.1 Å². The molecule has 2 amide bonds. The maximum absolute atomic E-state index is 13.3. The van der Waals surface area contributed by atoms with Gasteiger partial charge < -0.3 is 20.8 Å². The first kappa shape index (κ1) is 25.6. The lowest BCUT2D eigenvalue weighted by atomic mass is 9.86. The summed E-state index contributed by atoms with van der Waals surface area (Å²) in [5.41, 5.74) is 0.749. The Balaban J connectivity index is 1.92. The Morgan fingerprint density at radius 1 is 1.18 bits per heavy atom. The molecular weight excluding hydrogens is 463 g/mol. The van der Waals surface area contributed by atoms with Gasteiger partial charge >= 0.3 is 0 Å². The van der Waals surface area contributed by atoms with Gasteiger partial charge in [0.2, 0.25) is 5.91 Å². The molecule has 3 rings (SSSR count). The highest BCUT2D eigenvalue weighted by Gasteiger charge is 2.34. The Morgan fingerprint density at radius 3 is 2.47 bits per heavy atom. The number of carbonyl (C=O) groups excluding carboxylic acids is 2. The molecule has 0 aliphatic carbocycles. The van der Waals surface area contributed by atoms with Crippen molar-refractivity contribution in [2.75, 3.05) is 13.2 Å². The molecule has 0 fully saturated rings. The Labute approximate surface area is 201 Å². The second-order valence-corrected chi connectivity index (χ2v) is 9.53. The molecule has 1 aromatic heterocycles. The molecule has 0 aliphatic heterocycles. The van der Waals surface area contributed by atoms with Crippen LogP contribution in [0.25, 0.3) is 10.9 Å². The van der Waals surface area contributed by atoms with Crippen LogP contribution in [0.2, 0.25) is 5.02 Å². The molecule has 4 N–H and O–H groups in total. The van der Waals surface area contributed by atoms with E-state index in [2.05, 4.69) is 15.7 Å². The Hall–Kier alpha value is -3.01. The number of halogens is 2. The monoisotopic (exact) mass is 490 g/mol. The van der Waals surface area contributed by atoms with Gasteiger partial charge in [0, 0.05) is 11.9 Å².